The molecule has 0 atom stereocenters. The summed E-state index contributed by atoms with van der Waals surface area (Å²) in [4.78, 5) is 10.8. The van der Waals surface area contributed by atoms with E-state index in [2.05, 4.69) is 13.8 Å². The molecule has 0 saturated carbocycles. The van der Waals surface area contributed by atoms with E-state index < -0.39 is 0 Å². The van der Waals surface area contributed by atoms with Crippen molar-refractivity contribution < 1.29 is 9.53 Å². The number of ether oxygens (including phenoxy) is 1. The molecule has 0 aromatic rings. The molecule has 0 heterocycles. The molecule has 0 unspecified atom stereocenters. The fraction of sp³-hybridized carbons (Fsp3) is 0.750. The van der Waals surface area contributed by atoms with E-state index in [9.17, 15) is 4.79 Å². The molecule has 2 heteroatoms. The van der Waals surface area contributed by atoms with Gasteiger partial charge in [-0.1, -0.05) is 5.57 Å². The van der Waals surface area contributed by atoms with Crippen molar-refractivity contribution in [3.05, 3.63) is 11.6 Å². The van der Waals surface area contributed by atoms with Crippen molar-refractivity contribution in [3.63, 3.8) is 0 Å². The van der Waals surface area contributed by atoms with Crippen molar-refractivity contribution in [3.8, 4) is 0 Å². The first-order valence-electron chi connectivity index (χ1n) is 5.10. The van der Waals surface area contributed by atoms with Gasteiger partial charge in [0.15, 0.2) is 5.78 Å². The van der Waals surface area contributed by atoms with Crippen molar-refractivity contribution in [1.82, 2.24) is 0 Å². The van der Waals surface area contributed by atoms with Gasteiger partial charge in [0, 0.05) is 7.11 Å². The monoisotopic (exact) mass is 198 g/mol. The fourth-order valence-corrected chi connectivity index (χ4v) is 1.31. The van der Waals surface area contributed by atoms with Crippen molar-refractivity contribution in [2.75, 3.05) is 7.11 Å². The standard InChI is InChI=1S/C12H22O2/c1-10(9-11(2)13)7-6-8-12(3,4)14-5/h9H,6-8H2,1-5H3/b10-9+. The third kappa shape index (κ3) is 6.84. The third-order valence-corrected chi connectivity index (χ3v) is 2.35. The highest BCUT2D eigenvalue weighted by Crippen LogP contribution is 2.18. The maximum atomic E-state index is 10.8. The van der Waals surface area contributed by atoms with Crippen LogP contribution in [-0.4, -0.2) is 18.5 Å². The van der Waals surface area contributed by atoms with E-state index in [4.69, 9.17) is 4.74 Å². The lowest BCUT2D eigenvalue weighted by molar-refractivity contribution is -0.112. The highest BCUT2D eigenvalue weighted by atomic mass is 16.5. The van der Waals surface area contributed by atoms with Gasteiger partial charge >= 0.3 is 0 Å². The molecule has 0 rings (SSSR count). The maximum Gasteiger partial charge on any atom is 0.152 e. The van der Waals surface area contributed by atoms with Crippen molar-refractivity contribution >= 4 is 5.78 Å². The van der Waals surface area contributed by atoms with Crippen LogP contribution >= 0.6 is 0 Å². The second kappa shape index (κ2) is 5.97. The van der Waals surface area contributed by atoms with Gasteiger partial charge in [0.2, 0.25) is 0 Å². The Kier molecular flexibility index (Phi) is 5.70. The number of hydrogen-bond acceptors (Lipinski definition) is 2. The van der Waals surface area contributed by atoms with E-state index in [1.165, 1.54) is 0 Å². The van der Waals surface area contributed by atoms with Crippen LogP contribution in [-0.2, 0) is 9.53 Å². The quantitative estimate of drug-likeness (QED) is 0.613. The van der Waals surface area contributed by atoms with Gasteiger partial charge in [0.1, 0.15) is 0 Å². The molecule has 0 aromatic heterocycles. The van der Waals surface area contributed by atoms with E-state index in [-0.39, 0.29) is 11.4 Å². The number of ketones is 1. The molecule has 0 aliphatic rings. The molecule has 0 N–H and O–H groups in total. The van der Waals surface area contributed by atoms with Gasteiger partial charge < -0.3 is 4.74 Å². The number of methoxy groups -OCH3 is 1. The molecule has 0 fully saturated rings. The Bertz CT molecular complexity index is 214. The average molecular weight is 198 g/mol. The molecule has 2 nitrogen and oxygen atoms in total. The topological polar surface area (TPSA) is 26.3 Å². The predicted octanol–water partition coefficient (Wildman–Crippen LogP) is 3.12. The van der Waals surface area contributed by atoms with Crippen LogP contribution in [0.5, 0.6) is 0 Å². The lowest BCUT2D eigenvalue weighted by Crippen LogP contribution is -2.21. The Morgan fingerprint density at radius 1 is 1.36 bits per heavy atom. The van der Waals surface area contributed by atoms with Crippen LogP contribution in [0.4, 0.5) is 0 Å². The summed E-state index contributed by atoms with van der Waals surface area (Å²) in [6.07, 6.45) is 4.77. The third-order valence-electron chi connectivity index (χ3n) is 2.35. The summed E-state index contributed by atoms with van der Waals surface area (Å²) < 4.78 is 5.31. The van der Waals surface area contributed by atoms with Crippen LogP contribution in [0.3, 0.4) is 0 Å². The van der Waals surface area contributed by atoms with E-state index >= 15 is 0 Å². The van der Waals surface area contributed by atoms with E-state index in [0.29, 0.717) is 0 Å². The molecule has 0 saturated heterocycles. The lowest BCUT2D eigenvalue weighted by Gasteiger charge is -2.22. The van der Waals surface area contributed by atoms with E-state index in [1.54, 1.807) is 20.1 Å². The first kappa shape index (κ1) is 13.4. The first-order chi connectivity index (χ1) is 6.37. The molecular weight excluding hydrogens is 176 g/mol. The van der Waals surface area contributed by atoms with Crippen LogP contribution in [0, 0.1) is 0 Å². The largest absolute Gasteiger partial charge is 0.379 e. The molecular formula is C12H22O2. The summed E-state index contributed by atoms with van der Waals surface area (Å²) in [5, 5.41) is 0. The van der Waals surface area contributed by atoms with Crippen LogP contribution < -0.4 is 0 Å². The second-order valence-electron chi connectivity index (χ2n) is 4.42. The second-order valence-corrected chi connectivity index (χ2v) is 4.42. The van der Waals surface area contributed by atoms with Crippen LogP contribution in [0.25, 0.3) is 0 Å². The average Bonchev–Trinajstić information content (AvgIpc) is 2.02. The van der Waals surface area contributed by atoms with Gasteiger partial charge in [-0.15, -0.1) is 0 Å². The summed E-state index contributed by atoms with van der Waals surface area (Å²) in [5.74, 6) is 0.133. The molecule has 0 aromatic carbocycles. The zero-order valence-corrected chi connectivity index (χ0v) is 10.0. The zero-order valence-electron chi connectivity index (χ0n) is 10.0. The van der Waals surface area contributed by atoms with E-state index in [1.807, 2.05) is 6.92 Å². The summed E-state index contributed by atoms with van der Waals surface area (Å²) in [6.45, 7) is 7.75. The predicted molar refractivity (Wildman–Crippen MR) is 59.4 cm³/mol. The maximum absolute atomic E-state index is 10.8. The molecule has 14 heavy (non-hydrogen) atoms. The van der Waals surface area contributed by atoms with Gasteiger partial charge in [-0.05, 0) is 53.0 Å². The zero-order chi connectivity index (χ0) is 11.2. The molecule has 0 radical (unpaired) electrons. The van der Waals surface area contributed by atoms with E-state index in [0.717, 1.165) is 24.8 Å². The summed E-state index contributed by atoms with van der Waals surface area (Å²) in [7, 11) is 1.73. The Hall–Kier alpha value is -0.630. The normalized spacial score (nSPS) is 13.1. The summed E-state index contributed by atoms with van der Waals surface area (Å²) in [5.41, 5.74) is 1.11. The van der Waals surface area contributed by atoms with Crippen LogP contribution in [0.2, 0.25) is 0 Å². The number of carbonyl (C=O) groups is 1. The van der Waals surface area contributed by atoms with Gasteiger partial charge in [0.25, 0.3) is 0 Å². The van der Waals surface area contributed by atoms with Gasteiger partial charge in [0.05, 0.1) is 5.60 Å². The van der Waals surface area contributed by atoms with Crippen molar-refractivity contribution in [2.24, 2.45) is 0 Å². The summed E-state index contributed by atoms with van der Waals surface area (Å²) in [6, 6.07) is 0. The Labute approximate surface area is 87.3 Å². The van der Waals surface area contributed by atoms with Crippen LogP contribution in [0.1, 0.15) is 47.0 Å². The highest BCUT2D eigenvalue weighted by Gasteiger charge is 2.14. The number of carbonyl (C=O) groups excluding carboxylic acids is 1. The Morgan fingerprint density at radius 2 is 1.93 bits per heavy atom. The Morgan fingerprint density at radius 3 is 2.36 bits per heavy atom. The first-order valence-corrected chi connectivity index (χ1v) is 5.10. The SMILES string of the molecule is COC(C)(C)CCC/C(C)=C/C(C)=O. The van der Waals surface area contributed by atoms with Crippen molar-refractivity contribution in [1.29, 1.82) is 0 Å². The molecule has 0 amide bonds. The van der Waals surface area contributed by atoms with Gasteiger partial charge in [-0.2, -0.15) is 0 Å². The molecule has 0 spiro atoms. The lowest BCUT2D eigenvalue weighted by atomic mass is 9.99. The minimum atomic E-state index is -0.0451. The number of hydrogen-bond donors (Lipinski definition) is 0. The Balaban J connectivity index is 3.80. The fourth-order valence-electron chi connectivity index (χ4n) is 1.31. The van der Waals surface area contributed by atoms with Gasteiger partial charge in [-0.25, -0.2) is 0 Å². The number of rotatable bonds is 6. The minimum Gasteiger partial charge on any atom is -0.379 e. The van der Waals surface area contributed by atoms with Crippen LogP contribution in [0.15, 0.2) is 11.6 Å². The van der Waals surface area contributed by atoms with Gasteiger partial charge in [-0.3, -0.25) is 4.79 Å². The molecule has 82 valence electrons. The molecule has 0 aliphatic carbocycles. The minimum absolute atomic E-state index is 0.0451. The molecule has 0 aliphatic heterocycles. The number of allylic oxidation sites excluding steroid dienone is 2. The van der Waals surface area contributed by atoms with Crippen molar-refractivity contribution in [2.45, 2.75) is 52.6 Å². The highest BCUT2D eigenvalue weighted by molar-refractivity contribution is 5.87. The summed E-state index contributed by atoms with van der Waals surface area (Å²) >= 11 is 0. The smallest absolute Gasteiger partial charge is 0.152 e. The molecule has 0 bridgehead atoms.